The SMILES string of the molecule is CC(C)CN1CCN(c2cc(Cl)ccc2C=O)CC1. The molecule has 19 heavy (non-hydrogen) atoms. The van der Waals surface area contributed by atoms with E-state index in [-0.39, 0.29) is 0 Å². The van der Waals surface area contributed by atoms with Crippen LogP contribution in [0.25, 0.3) is 0 Å². The summed E-state index contributed by atoms with van der Waals surface area (Å²) in [4.78, 5) is 15.8. The Labute approximate surface area is 120 Å². The summed E-state index contributed by atoms with van der Waals surface area (Å²) in [5, 5.41) is 0.685. The Morgan fingerprint density at radius 2 is 1.95 bits per heavy atom. The van der Waals surface area contributed by atoms with Crippen molar-refractivity contribution in [3.63, 3.8) is 0 Å². The van der Waals surface area contributed by atoms with Crippen LogP contribution in [0.4, 0.5) is 5.69 Å². The van der Waals surface area contributed by atoms with Crippen molar-refractivity contribution < 1.29 is 4.79 Å². The Kier molecular flexibility index (Phi) is 4.83. The fourth-order valence-electron chi connectivity index (χ4n) is 2.58. The van der Waals surface area contributed by atoms with Gasteiger partial charge >= 0.3 is 0 Å². The van der Waals surface area contributed by atoms with Gasteiger partial charge in [-0.25, -0.2) is 0 Å². The van der Waals surface area contributed by atoms with Gasteiger partial charge in [-0.3, -0.25) is 9.69 Å². The second-order valence-corrected chi connectivity index (χ2v) is 5.94. The van der Waals surface area contributed by atoms with Gasteiger partial charge in [-0.2, -0.15) is 0 Å². The molecule has 1 aromatic rings. The van der Waals surface area contributed by atoms with Crippen LogP contribution in [0.3, 0.4) is 0 Å². The lowest BCUT2D eigenvalue weighted by Gasteiger charge is -2.37. The summed E-state index contributed by atoms with van der Waals surface area (Å²) in [6, 6.07) is 5.46. The molecular formula is C15H21ClN2O. The van der Waals surface area contributed by atoms with Gasteiger partial charge in [-0.1, -0.05) is 25.4 Å². The minimum atomic E-state index is 0.685. The standard InChI is InChI=1S/C15H21ClN2O/c1-12(2)10-17-5-7-18(8-6-17)15-9-14(16)4-3-13(15)11-19/h3-4,9,11-12H,5-8,10H2,1-2H3. The largest absolute Gasteiger partial charge is 0.368 e. The molecule has 4 heteroatoms. The maximum atomic E-state index is 11.1. The third kappa shape index (κ3) is 3.71. The molecule has 3 nitrogen and oxygen atoms in total. The van der Waals surface area contributed by atoms with Crippen molar-refractivity contribution in [2.75, 3.05) is 37.6 Å². The van der Waals surface area contributed by atoms with E-state index in [9.17, 15) is 4.79 Å². The van der Waals surface area contributed by atoms with E-state index in [1.54, 1.807) is 12.1 Å². The molecular weight excluding hydrogens is 260 g/mol. The van der Waals surface area contributed by atoms with Gasteiger partial charge in [-0.05, 0) is 24.1 Å². The van der Waals surface area contributed by atoms with Gasteiger partial charge in [0.05, 0.1) is 0 Å². The van der Waals surface area contributed by atoms with E-state index < -0.39 is 0 Å². The number of piperazine rings is 1. The number of anilines is 1. The second-order valence-electron chi connectivity index (χ2n) is 5.50. The predicted octanol–water partition coefficient (Wildman–Crippen LogP) is 2.93. The van der Waals surface area contributed by atoms with Gasteiger partial charge in [0.25, 0.3) is 0 Å². The molecule has 0 amide bonds. The summed E-state index contributed by atoms with van der Waals surface area (Å²) in [6.45, 7) is 9.62. The Bertz CT molecular complexity index is 440. The van der Waals surface area contributed by atoms with Crippen LogP contribution in [0.1, 0.15) is 24.2 Å². The Hall–Kier alpha value is -1.06. The quantitative estimate of drug-likeness (QED) is 0.793. The summed E-state index contributed by atoms with van der Waals surface area (Å²) in [7, 11) is 0. The van der Waals surface area contributed by atoms with E-state index >= 15 is 0 Å². The first-order valence-electron chi connectivity index (χ1n) is 6.82. The van der Waals surface area contributed by atoms with Gasteiger partial charge in [0.15, 0.2) is 6.29 Å². The molecule has 104 valence electrons. The maximum absolute atomic E-state index is 11.1. The molecule has 0 saturated carbocycles. The van der Waals surface area contributed by atoms with Crippen LogP contribution in [-0.2, 0) is 0 Å². The topological polar surface area (TPSA) is 23.6 Å². The van der Waals surface area contributed by atoms with E-state index in [2.05, 4.69) is 23.6 Å². The molecule has 1 fully saturated rings. The Morgan fingerprint density at radius 1 is 1.26 bits per heavy atom. The van der Waals surface area contributed by atoms with Crippen LogP contribution in [0.2, 0.25) is 5.02 Å². The predicted molar refractivity (Wildman–Crippen MR) is 80.3 cm³/mol. The lowest BCUT2D eigenvalue weighted by atomic mass is 10.1. The number of benzene rings is 1. The molecule has 0 radical (unpaired) electrons. The number of hydrogen-bond acceptors (Lipinski definition) is 3. The molecule has 0 N–H and O–H groups in total. The normalized spacial score (nSPS) is 16.9. The lowest BCUT2D eigenvalue weighted by molar-refractivity contribution is 0.112. The van der Waals surface area contributed by atoms with Crippen molar-refractivity contribution >= 4 is 23.6 Å². The molecule has 1 aliphatic rings. The number of nitrogens with zero attached hydrogens (tertiary/aromatic N) is 2. The molecule has 0 spiro atoms. The molecule has 0 aliphatic carbocycles. The van der Waals surface area contributed by atoms with Crippen LogP contribution in [0.15, 0.2) is 18.2 Å². The maximum Gasteiger partial charge on any atom is 0.152 e. The fourth-order valence-corrected chi connectivity index (χ4v) is 2.74. The van der Waals surface area contributed by atoms with Gasteiger partial charge in [0, 0.05) is 49.0 Å². The summed E-state index contributed by atoms with van der Waals surface area (Å²) in [6.07, 6.45) is 0.909. The first-order valence-corrected chi connectivity index (χ1v) is 7.20. The number of aldehydes is 1. The average Bonchev–Trinajstić information content (AvgIpc) is 2.39. The highest BCUT2D eigenvalue weighted by atomic mass is 35.5. The first-order chi connectivity index (χ1) is 9.10. The number of carbonyl (C=O) groups is 1. The molecule has 0 unspecified atom stereocenters. The highest BCUT2D eigenvalue weighted by Gasteiger charge is 2.19. The number of rotatable bonds is 4. The van der Waals surface area contributed by atoms with Gasteiger partial charge in [-0.15, -0.1) is 0 Å². The number of halogens is 1. The van der Waals surface area contributed by atoms with Gasteiger partial charge in [0.2, 0.25) is 0 Å². The third-order valence-electron chi connectivity index (χ3n) is 3.46. The smallest absolute Gasteiger partial charge is 0.152 e. The zero-order valence-electron chi connectivity index (χ0n) is 11.6. The molecule has 1 heterocycles. The van der Waals surface area contributed by atoms with E-state index in [1.807, 2.05) is 6.07 Å². The van der Waals surface area contributed by atoms with Crippen molar-refractivity contribution in [3.05, 3.63) is 28.8 Å². The molecule has 0 aromatic heterocycles. The molecule has 1 saturated heterocycles. The average molecular weight is 281 g/mol. The van der Waals surface area contributed by atoms with Crippen LogP contribution < -0.4 is 4.90 Å². The minimum Gasteiger partial charge on any atom is -0.368 e. The highest BCUT2D eigenvalue weighted by Crippen LogP contribution is 2.25. The van der Waals surface area contributed by atoms with Crippen LogP contribution in [0.5, 0.6) is 0 Å². The van der Waals surface area contributed by atoms with Crippen molar-refractivity contribution in [1.82, 2.24) is 4.90 Å². The van der Waals surface area contributed by atoms with Crippen molar-refractivity contribution in [2.24, 2.45) is 5.92 Å². The van der Waals surface area contributed by atoms with Crippen LogP contribution >= 0.6 is 11.6 Å². The summed E-state index contributed by atoms with van der Waals surface area (Å²) < 4.78 is 0. The van der Waals surface area contributed by atoms with E-state index in [4.69, 9.17) is 11.6 Å². The summed E-state index contributed by atoms with van der Waals surface area (Å²) in [5.74, 6) is 0.697. The number of hydrogen-bond donors (Lipinski definition) is 0. The lowest BCUT2D eigenvalue weighted by Crippen LogP contribution is -2.47. The fraction of sp³-hybridized carbons (Fsp3) is 0.533. The molecule has 2 rings (SSSR count). The first kappa shape index (κ1) is 14.4. The molecule has 0 bridgehead atoms. The van der Waals surface area contributed by atoms with Crippen molar-refractivity contribution in [3.8, 4) is 0 Å². The third-order valence-corrected chi connectivity index (χ3v) is 3.69. The van der Waals surface area contributed by atoms with Gasteiger partial charge in [0.1, 0.15) is 0 Å². The Morgan fingerprint density at radius 3 is 2.53 bits per heavy atom. The Balaban J connectivity index is 2.05. The summed E-state index contributed by atoms with van der Waals surface area (Å²) in [5.41, 5.74) is 1.69. The monoisotopic (exact) mass is 280 g/mol. The zero-order chi connectivity index (χ0) is 13.8. The molecule has 0 atom stereocenters. The minimum absolute atomic E-state index is 0.685. The molecule has 1 aromatic carbocycles. The van der Waals surface area contributed by atoms with Crippen molar-refractivity contribution in [1.29, 1.82) is 0 Å². The van der Waals surface area contributed by atoms with E-state index in [0.29, 0.717) is 10.9 Å². The van der Waals surface area contributed by atoms with E-state index in [0.717, 1.165) is 50.3 Å². The van der Waals surface area contributed by atoms with Crippen LogP contribution in [0, 0.1) is 5.92 Å². The van der Waals surface area contributed by atoms with Crippen molar-refractivity contribution in [2.45, 2.75) is 13.8 Å². The highest BCUT2D eigenvalue weighted by molar-refractivity contribution is 6.31. The molecule has 1 aliphatic heterocycles. The van der Waals surface area contributed by atoms with Crippen LogP contribution in [-0.4, -0.2) is 43.9 Å². The van der Waals surface area contributed by atoms with Gasteiger partial charge < -0.3 is 4.90 Å². The number of carbonyl (C=O) groups excluding carboxylic acids is 1. The summed E-state index contributed by atoms with van der Waals surface area (Å²) >= 11 is 6.04. The van der Waals surface area contributed by atoms with E-state index in [1.165, 1.54) is 0 Å². The zero-order valence-corrected chi connectivity index (χ0v) is 12.4. The second kappa shape index (κ2) is 6.40.